The molecule has 2 aromatic rings. The predicted molar refractivity (Wildman–Crippen MR) is 122 cm³/mol. The van der Waals surface area contributed by atoms with Crippen molar-refractivity contribution < 1.29 is 18.3 Å². The maximum atomic E-state index is 13.6. The number of hydrogen-bond donors (Lipinski definition) is 1. The molecule has 33 heavy (non-hydrogen) atoms. The highest BCUT2D eigenvalue weighted by Gasteiger charge is 2.35. The summed E-state index contributed by atoms with van der Waals surface area (Å²) in [4.78, 5) is 11.7. The number of ether oxygens (including phenoxy) is 2. The summed E-state index contributed by atoms with van der Waals surface area (Å²) in [5.74, 6) is -0.721. The van der Waals surface area contributed by atoms with E-state index in [0.29, 0.717) is 50.9 Å². The fourth-order valence-corrected chi connectivity index (χ4v) is 4.31. The van der Waals surface area contributed by atoms with Crippen molar-refractivity contribution in [3.63, 3.8) is 0 Å². The van der Waals surface area contributed by atoms with Crippen LogP contribution in [0.5, 0.6) is 0 Å². The number of aryl methyl sites for hydroxylation is 2. The van der Waals surface area contributed by atoms with Crippen molar-refractivity contribution in [2.75, 3.05) is 36.5 Å². The Balaban J connectivity index is 1.58. The molecular weight excluding hydrogens is 430 g/mol. The van der Waals surface area contributed by atoms with Crippen molar-refractivity contribution in [3.05, 3.63) is 23.5 Å². The largest absolute Gasteiger partial charge is 0.376 e. The van der Waals surface area contributed by atoms with Crippen LogP contribution in [0.2, 0.25) is 0 Å². The second-order valence-electron chi connectivity index (χ2n) is 9.35. The molecule has 3 heterocycles. The highest BCUT2D eigenvalue weighted by Crippen LogP contribution is 2.34. The third-order valence-corrected chi connectivity index (χ3v) is 6.05. The van der Waals surface area contributed by atoms with Crippen LogP contribution in [0.1, 0.15) is 50.9 Å². The number of morpholine rings is 1. The SMILES string of the molecule is Cc1cc(C)n(-c2nc(NC3CCC(F)(F)CC3)cc(N3CCOC(COC(C)C)C3)n2)n1. The third kappa shape index (κ3) is 6.17. The first-order chi connectivity index (χ1) is 15.7. The third-order valence-electron chi connectivity index (χ3n) is 6.05. The Morgan fingerprint density at radius 3 is 2.64 bits per heavy atom. The normalized spacial score (nSPS) is 21.5. The summed E-state index contributed by atoms with van der Waals surface area (Å²) in [7, 11) is 0. The Kier molecular flexibility index (Phi) is 7.13. The van der Waals surface area contributed by atoms with Crippen molar-refractivity contribution in [1.82, 2.24) is 19.7 Å². The van der Waals surface area contributed by atoms with E-state index in [1.54, 1.807) is 4.68 Å². The van der Waals surface area contributed by atoms with E-state index < -0.39 is 5.92 Å². The number of nitrogens with zero attached hydrogens (tertiary/aromatic N) is 5. The van der Waals surface area contributed by atoms with Crippen LogP contribution < -0.4 is 10.2 Å². The van der Waals surface area contributed by atoms with E-state index in [-0.39, 0.29) is 31.1 Å². The standard InChI is InChI=1S/C23H34F2N6O2/c1-15(2)33-14-19-13-30(9-10-32-19)21-12-20(26-18-5-7-23(24,25)8-6-18)27-22(28-21)31-17(4)11-16(3)29-31/h11-12,15,18-19H,5-10,13-14H2,1-4H3,(H,26,27,28). The van der Waals surface area contributed by atoms with Crippen LogP contribution in [0.25, 0.3) is 5.95 Å². The molecule has 1 unspecified atom stereocenters. The van der Waals surface area contributed by atoms with Gasteiger partial charge in [-0.1, -0.05) is 0 Å². The van der Waals surface area contributed by atoms with E-state index in [2.05, 4.69) is 20.3 Å². The molecule has 1 atom stereocenters. The maximum Gasteiger partial charge on any atom is 0.254 e. The zero-order valence-electron chi connectivity index (χ0n) is 19.9. The quantitative estimate of drug-likeness (QED) is 0.666. The van der Waals surface area contributed by atoms with Crippen molar-refractivity contribution in [3.8, 4) is 5.95 Å². The molecule has 10 heteroatoms. The molecule has 1 aliphatic heterocycles. The number of anilines is 2. The van der Waals surface area contributed by atoms with Crippen LogP contribution in [0.4, 0.5) is 20.4 Å². The smallest absolute Gasteiger partial charge is 0.254 e. The van der Waals surface area contributed by atoms with Gasteiger partial charge in [-0.3, -0.25) is 0 Å². The zero-order chi connectivity index (χ0) is 23.6. The number of alkyl halides is 2. The monoisotopic (exact) mass is 464 g/mol. The van der Waals surface area contributed by atoms with Crippen LogP contribution in [0.15, 0.2) is 12.1 Å². The lowest BCUT2D eigenvalue weighted by atomic mass is 9.92. The van der Waals surface area contributed by atoms with E-state index in [0.717, 1.165) is 17.2 Å². The average molecular weight is 465 g/mol. The lowest BCUT2D eigenvalue weighted by Crippen LogP contribution is -2.45. The fraction of sp³-hybridized carbons (Fsp3) is 0.696. The summed E-state index contributed by atoms with van der Waals surface area (Å²) >= 11 is 0. The van der Waals surface area contributed by atoms with Gasteiger partial charge in [-0.05, 0) is 46.6 Å². The van der Waals surface area contributed by atoms with Crippen molar-refractivity contribution >= 4 is 11.6 Å². The molecule has 1 saturated heterocycles. The zero-order valence-corrected chi connectivity index (χ0v) is 19.9. The number of halogens is 2. The van der Waals surface area contributed by atoms with Gasteiger partial charge in [-0.2, -0.15) is 15.1 Å². The van der Waals surface area contributed by atoms with Gasteiger partial charge in [0.15, 0.2) is 0 Å². The van der Waals surface area contributed by atoms with Crippen molar-refractivity contribution in [2.45, 2.75) is 77.6 Å². The lowest BCUT2D eigenvalue weighted by molar-refractivity contribution is -0.0407. The molecule has 0 bridgehead atoms. The number of nitrogens with one attached hydrogen (secondary N) is 1. The molecule has 0 aromatic carbocycles. The van der Waals surface area contributed by atoms with Gasteiger partial charge in [0.25, 0.3) is 5.95 Å². The van der Waals surface area contributed by atoms with E-state index in [1.165, 1.54) is 0 Å². The van der Waals surface area contributed by atoms with Crippen LogP contribution in [-0.4, -0.2) is 70.2 Å². The molecule has 2 aliphatic rings. The van der Waals surface area contributed by atoms with Crippen LogP contribution in [0.3, 0.4) is 0 Å². The first kappa shape index (κ1) is 23.8. The summed E-state index contributed by atoms with van der Waals surface area (Å²) < 4.78 is 40.6. The highest BCUT2D eigenvalue weighted by atomic mass is 19.3. The molecule has 1 aliphatic carbocycles. The molecule has 4 rings (SSSR count). The van der Waals surface area contributed by atoms with E-state index in [4.69, 9.17) is 14.5 Å². The average Bonchev–Trinajstić information content (AvgIpc) is 3.12. The first-order valence-electron chi connectivity index (χ1n) is 11.7. The molecule has 1 saturated carbocycles. The molecule has 2 fully saturated rings. The molecule has 0 radical (unpaired) electrons. The van der Waals surface area contributed by atoms with Gasteiger partial charge >= 0.3 is 0 Å². The Morgan fingerprint density at radius 2 is 1.97 bits per heavy atom. The number of hydrogen-bond acceptors (Lipinski definition) is 7. The van der Waals surface area contributed by atoms with Gasteiger partial charge < -0.3 is 19.7 Å². The minimum absolute atomic E-state index is 0.0439. The van der Waals surface area contributed by atoms with E-state index in [9.17, 15) is 8.78 Å². The summed E-state index contributed by atoms with van der Waals surface area (Å²) in [6.07, 6.45) is 0.702. The summed E-state index contributed by atoms with van der Waals surface area (Å²) in [5, 5.41) is 7.92. The fourth-order valence-electron chi connectivity index (χ4n) is 4.31. The second-order valence-corrected chi connectivity index (χ2v) is 9.35. The topological polar surface area (TPSA) is 77.3 Å². The molecule has 0 spiro atoms. The molecular formula is C23H34F2N6O2. The van der Waals surface area contributed by atoms with Gasteiger partial charge in [0.2, 0.25) is 5.92 Å². The van der Waals surface area contributed by atoms with Crippen LogP contribution in [0, 0.1) is 13.8 Å². The summed E-state index contributed by atoms with van der Waals surface area (Å²) in [6, 6.07) is 3.83. The Labute approximate surface area is 193 Å². The van der Waals surface area contributed by atoms with Gasteiger partial charge in [-0.15, -0.1) is 0 Å². The van der Waals surface area contributed by atoms with E-state index >= 15 is 0 Å². The molecule has 1 N–H and O–H groups in total. The number of aromatic nitrogens is 4. The molecule has 8 nitrogen and oxygen atoms in total. The Bertz CT molecular complexity index is 941. The van der Waals surface area contributed by atoms with Gasteiger partial charge in [-0.25, -0.2) is 13.5 Å². The molecule has 2 aromatic heterocycles. The van der Waals surface area contributed by atoms with Crippen molar-refractivity contribution in [2.24, 2.45) is 0 Å². The first-order valence-corrected chi connectivity index (χ1v) is 11.7. The van der Waals surface area contributed by atoms with Crippen LogP contribution in [-0.2, 0) is 9.47 Å². The second kappa shape index (κ2) is 9.89. The van der Waals surface area contributed by atoms with Gasteiger partial charge in [0, 0.05) is 43.7 Å². The number of rotatable bonds is 7. The molecule has 182 valence electrons. The summed E-state index contributed by atoms with van der Waals surface area (Å²) in [6.45, 7) is 10.3. The minimum atomic E-state index is -2.56. The Hall–Kier alpha value is -2.33. The van der Waals surface area contributed by atoms with Gasteiger partial charge in [0.05, 0.1) is 31.1 Å². The minimum Gasteiger partial charge on any atom is -0.376 e. The molecule has 0 amide bonds. The van der Waals surface area contributed by atoms with E-state index in [1.807, 2.05) is 39.8 Å². The maximum absolute atomic E-state index is 13.6. The van der Waals surface area contributed by atoms with Gasteiger partial charge in [0.1, 0.15) is 11.6 Å². The summed E-state index contributed by atoms with van der Waals surface area (Å²) in [5.41, 5.74) is 1.81. The van der Waals surface area contributed by atoms with Crippen LogP contribution >= 0.6 is 0 Å². The lowest BCUT2D eigenvalue weighted by Gasteiger charge is -2.34. The highest BCUT2D eigenvalue weighted by molar-refractivity contribution is 5.52. The predicted octanol–water partition coefficient (Wildman–Crippen LogP) is 3.90. The van der Waals surface area contributed by atoms with Crippen molar-refractivity contribution in [1.29, 1.82) is 0 Å². The Morgan fingerprint density at radius 1 is 1.21 bits per heavy atom.